The molecule has 0 aliphatic heterocycles. The van der Waals surface area contributed by atoms with E-state index >= 15 is 0 Å². The van der Waals surface area contributed by atoms with Gasteiger partial charge in [0.2, 0.25) is 0 Å². The Labute approximate surface area is 189 Å². The summed E-state index contributed by atoms with van der Waals surface area (Å²) in [7, 11) is 4.07. The zero-order valence-corrected chi connectivity index (χ0v) is 19.8. The third-order valence-corrected chi connectivity index (χ3v) is 6.96. The number of aryl methyl sites for hydroxylation is 4. The first-order valence-electron chi connectivity index (χ1n) is 10.4. The van der Waals surface area contributed by atoms with Crippen molar-refractivity contribution in [2.24, 2.45) is 0 Å². The Morgan fingerprint density at radius 1 is 1.03 bits per heavy atom. The first kappa shape index (κ1) is 22.7. The number of nitrogens with zero attached hydrogens (tertiary/aromatic N) is 3. The molecule has 0 unspecified atom stereocenters. The summed E-state index contributed by atoms with van der Waals surface area (Å²) in [4.78, 5) is 22.4. The van der Waals surface area contributed by atoms with Crippen LogP contribution in [0.5, 0.6) is 0 Å². The molecule has 0 radical (unpaired) electrons. The lowest BCUT2D eigenvalue weighted by Crippen LogP contribution is -2.36. The molecule has 4 rings (SSSR count). The molecule has 0 spiro atoms. The summed E-state index contributed by atoms with van der Waals surface area (Å²) in [5, 5.41) is 0.790. The molecule has 0 N–H and O–H groups in total. The second-order valence-electron chi connectivity index (χ2n) is 8.30. The van der Waals surface area contributed by atoms with Gasteiger partial charge in [0, 0.05) is 18.7 Å². The van der Waals surface area contributed by atoms with Gasteiger partial charge in [0.05, 0.1) is 10.2 Å². The fourth-order valence-electron chi connectivity index (χ4n) is 3.94. The topological polar surface area (TPSA) is 36.4 Å². The molecule has 160 valence electrons. The quantitative estimate of drug-likeness (QED) is 0.528. The lowest BCUT2D eigenvalue weighted by molar-refractivity contribution is 0.0985. The molecule has 1 aliphatic carbocycles. The average molecular weight is 444 g/mol. The number of hydrogen-bond donors (Lipinski definition) is 0. The Morgan fingerprint density at radius 3 is 2.50 bits per heavy atom. The highest BCUT2D eigenvalue weighted by Crippen LogP contribution is 2.33. The molecule has 1 amide bonds. The normalized spacial score (nSPS) is 13.2. The van der Waals surface area contributed by atoms with Gasteiger partial charge < -0.3 is 4.90 Å². The van der Waals surface area contributed by atoms with Crippen LogP contribution in [0.4, 0.5) is 5.13 Å². The smallest absolute Gasteiger partial charge is 0.260 e. The number of benzene rings is 2. The number of likely N-dealkylation sites (N-methyl/N-ethyl adjacent to an activating group) is 1. The van der Waals surface area contributed by atoms with E-state index in [9.17, 15) is 4.79 Å². The van der Waals surface area contributed by atoms with Gasteiger partial charge in [0.25, 0.3) is 5.91 Å². The molecule has 0 saturated carbocycles. The molecule has 0 fully saturated rings. The predicted molar refractivity (Wildman–Crippen MR) is 130 cm³/mol. The van der Waals surface area contributed by atoms with Gasteiger partial charge in [0.15, 0.2) is 5.13 Å². The molecule has 3 aromatic rings. The number of carbonyl (C=O) groups excluding carboxylic acids is 1. The SMILES string of the molecule is Cc1ccc2sc(N(CCN(C)C)C(=O)c3ccc4c(c3)CCCC4)nc2c1C.Cl. The van der Waals surface area contributed by atoms with Crippen LogP contribution in [0.3, 0.4) is 0 Å². The number of fused-ring (bicyclic) bond motifs is 2. The van der Waals surface area contributed by atoms with Crippen molar-refractivity contribution in [3.63, 3.8) is 0 Å². The van der Waals surface area contributed by atoms with Crippen molar-refractivity contribution in [3.8, 4) is 0 Å². The van der Waals surface area contributed by atoms with E-state index in [1.807, 2.05) is 25.1 Å². The molecule has 6 heteroatoms. The maximum absolute atomic E-state index is 13.5. The summed E-state index contributed by atoms with van der Waals surface area (Å²) in [6, 6.07) is 10.5. The predicted octanol–water partition coefficient (Wildman–Crippen LogP) is 5.42. The second kappa shape index (κ2) is 9.46. The molecule has 0 saturated heterocycles. The summed E-state index contributed by atoms with van der Waals surface area (Å²) < 4.78 is 1.14. The van der Waals surface area contributed by atoms with E-state index < -0.39 is 0 Å². The Balaban J connectivity index is 0.00000256. The van der Waals surface area contributed by atoms with E-state index in [1.165, 1.54) is 35.1 Å². The van der Waals surface area contributed by atoms with E-state index in [-0.39, 0.29) is 18.3 Å². The zero-order chi connectivity index (χ0) is 20.5. The summed E-state index contributed by atoms with van der Waals surface area (Å²) in [5.74, 6) is 0.0497. The third-order valence-electron chi connectivity index (χ3n) is 5.92. The molecule has 30 heavy (non-hydrogen) atoms. The molecule has 0 bridgehead atoms. The molecule has 0 atom stereocenters. The summed E-state index contributed by atoms with van der Waals surface area (Å²) in [6.45, 7) is 5.64. The molecule has 1 aromatic heterocycles. The first-order valence-corrected chi connectivity index (χ1v) is 11.2. The van der Waals surface area contributed by atoms with Crippen LogP contribution >= 0.6 is 23.7 Å². The standard InChI is InChI=1S/C24H29N3OS.ClH/c1-16-9-12-21-22(17(16)2)25-24(29-21)27(14-13-26(3)4)23(28)20-11-10-18-7-5-6-8-19(18)15-20;/h9-12,15H,5-8,13-14H2,1-4H3;1H. The van der Waals surface area contributed by atoms with Crippen LogP contribution < -0.4 is 4.90 Å². The van der Waals surface area contributed by atoms with E-state index in [0.717, 1.165) is 40.3 Å². The Kier molecular flexibility index (Phi) is 7.17. The summed E-state index contributed by atoms with van der Waals surface area (Å²) in [6.07, 6.45) is 4.67. The van der Waals surface area contributed by atoms with Crippen molar-refractivity contribution in [3.05, 3.63) is 58.1 Å². The van der Waals surface area contributed by atoms with Crippen LogP contribution in [-0.2, 0) is 12.8 Å². The number of aromatic nitrogens is 1. The largest absolute Gasteiger partial charge is 0.308 e. The molecular formula is C24H30ClN3OS. The monoisotopic (exact) mass is 443 g/mol. The van der Waals surface area contributed by atoms with Crippen LogP contribution in [0.25, 0.3) is 10.2 Å². The molecule has 1 aliphatic rings. The van der Waals surface area contributed by atoms with Crippen LogP contribution in [0, 0.1) is 13.8 Å². The first-order chi connectivity index (χ1) is 13.9. The van der Waals surface area contributed by atoms with Crippen molar-refractivity contribution in [2.75, 3.05) is 32.1 Å². The number of rotatable bonds is 5. The van der Waals surface area contributed by atoms with Crippen molar-refractivity contribution in [2.45, 2.75) is 39.5 Å². The van der Waals surface area contributed by atoms with Gasteiger partial charge in [-0.2, -0.15) is 0 Å². The van der Waals surface area contributed by atoms with Crippen LogP contribution in [0.1, 0.15) is 45.5 Å². The van der Waals surface area contributed by atoms with Crippen molar-refractivity contribution in [1.29, 1.82) is 0 Å². The molecule has 1 heterocycles. The van der Waals surface area contributed by atoms with Gasteiger partial charge in [-0.15, -0.1) is 12.4 Å². The molecule has 2 aromatic carbocycles. The van der Waals surface area contributed by atoms with E-state index in [1.54, 1.807) is 11.3 Å². The lowest BCUT2D eigenvalue weighted by Gasteiger charge is -2.23. The maximum atomic E-state index is 13.5. The minimum Gasteiger partial charge on any atom is -0.308 e. The van der Waals surface area contributed by atoms with E-state index in [2.05, 4.69) is 43.0 Å². The van der Waals surface area contributed by atoms with Gasteiger partial charge >= 0.3 is 0 Å². The van der Waals surface area contributed by atoms with Gasteiger partial charge in [-0.3, -0.25) is 9.69 Å². The minimum atomic E-state index is 0. The average Bonchev–Trinajstić information content (AvgIpc) is 3.15. The minimum absolute atomic E-state index is 0. The number of carbonyl (C=O) groups is 1. The van der Waals surface area contributed by atoms with Gasteiger partial charge in [-0.05, 0) is 94.1 Å². The molecule has 4 nitrogen and oxygen atoms in total. The third kappa shape index (κ3) is 4.53. The van der Waals surface area contributed by atoms with Gasteiger partial charge in [-0.1, -0.05) is 23.5 Å². The van der Waals surface area contributed by atoms with Crippen molar-refractivity contribution < 1.29 is 4.79 Å². The zero-order valence-electron chi connectivity index (χ0n) is 18.2. The number of amides is 1. The fourth-order valence-corrected chi connectivity index (χ4v) is 4.99. The number of halogens is 1. The Bertz CT molecular complexity index is 1060. The van der Waals surface area contributed by atoms with Crippen molar-refractivity contribution >= 4 is 45.0 Å². The van der Waals surface area contributed by atoms with Crippen LogP contribution in [-0.4, -0.2) is 43.0 Å². The number of anilines is 1. The Hall–Kier alpha value is -1.95. The van der Waals surface area contributed by atoms with Gasteiger partial charge in [0.1, 0.15) is 0 Å². The van der Waals surface area contributed by atoms with Crippen molar-refractivity contribution in [1.82, 2.24) is 9.88 Å². The number of thiazole rings is 1. The maximum Gasteiger partial charge on any atom is 0.260 e. The van der Waals surface area contributed by atoms with Crippen LogP contribution in [0.2, 0.25) is 0 Å². The second-order valence-corrected chi connectivity index (χ2v) is 9.31. The van der Waals surface area contributed by atoms with Gasteiger partial charge in [-0.25, -0.2) is 4.98 Å². The highest BCUT2D eigenvalue weighted by Gasteiger charge is 2.23. The lowest BCUT2D eigenvalue weighted by atomic mass is 9.90. The highest BCUT2D eigenvalue weighted by molar-refractivity contribution is 7.22. The Morgan fingerprint density at radius 2 is 1.77 bits per heavy atom. The summed E-state index contributed by atoms with van der Waals surface area (Å²) in [5.41, 5.74) is 6.95. The van der Waals surface area contributed by atoms with E-state index in [0.29, 0.717) is 6.54 Å². The summed E-state index contributed by atoms with van der Waals surface area (Å²) >= 11 is 1.61. The van der Waals surface area contributed by atoms with E-state index in [4.69, 9.17) is 4.98 Å². The molecular weight excluding hydrogens is 414 g/mol. The fraction of sp³-hybridized carbons (Fsp3) is 0.417. The number of hydrogen-bond acceptors (Lipinski definition) is 4. The highest BCUT2D eigenvalue weighted by atomic mass is 35.5. The van der Waals surface area contributed by atoms with Crippen LogP contribution in [0.15, 0.2) is 30.3 Å².